The fourth-order valence-electron chi connectivity index (χ4n) is 2.98. The van der Waals surface area contributed by atoms with E-state index in [2.05, 4.69) is 26.6 Å². The first kappa shape index (κ1) is 23.1. The number of hydrogen-bond donors (Lipinski definition) is 3. The summed E-state index contributed by atoms with van der Waals surface area (Å²) in [6.07, 6.45) is -2.94. The first-order chi connectivity index (χ1) is 12.9. The summed E-state index contributed by atoms with van der Waals surface area (Å²) in [6.45, 7) is 2.68. The maximum absolute atomic E-state index is 13.4. The maximum Gasteiger partial charge on any atom is 0.416 e. The molecule has 0 radical (unpaired) electrons. The van der Waals surface area contributed by atoms with Crippen molar-refractivity contribution in [2.45, 2.75) is 36.2 Å². The van der Waals surface area contributed by atoms with Crippen LogP contribution in [0.3, 0.4) is 0 Å². The van der Waals surface area contributed by atoms with Crippen LogP contribution >= 0.6 is 27.7 Å². The molecule has 0 aliphatic carbocycles. The van der Waals surface area contributed by atoms with Crippen LogP contribution in [0.1, 0.15) is 30.5 Å². The lowest BCUT2D eigenvalue weighted by Crippen LogP contribution is -2.24. The molecule has 2 aromatic rings. The highest BCUT2D eigenvalue weighted by atomic mass is 79.9. The summed E-state index contributed by atoms with van der Waals surface area (Å²) in [5, 5.41) is 6.39. The second kappa shape index (κ2) is 10.0. The molecule has 4 N–H and O–H groups in total. The lowest BCUT2D eigenvalue weighted by molar-refractivity contribution is -0.137. The molecule has 0 saturated heterocycles. The molecule has 0 aromatic heterocycles. The fraction of sp³-hybridized carbons (Fsp3) is 0.400. The second-order valence-electron chi connectivity index (χ2n) is 6.35. The number of fused-ring (bicyclic) bond motifs is 2. The van der Waals surface area contributed by atoms with Crippen molar-refractivity contribution in [2.24, 2.45) is 5.73 Å². The van der Waals surface area contributed by atoms with Gasteiger partial charge in [-0.3, -0.25) is 0 Å². The van der Waals surface area contributed by atoms with E-state index in [4.69, 9.17) is 5.73 Å². The van der Waals surface area contributed by atoms with Crippen molar-refractivity contribution in [3.63, 3.8) is 0 Å². The number of nitrogens with two attached hydrogens (primary N) is 1. The largest absolute Gasteiger partial charge is 0.416 e. The van der Waals surface area contributed by atoms with Gasteiger partial charge >= 0.3 is 6.18 Å². The van der Waals surface area contributed by atoms with Gasteiger partial charge in [-0.1, -0.05) is 41.2 Å². The van der Waals surface area contributed by atoms with E-state index in [1.54, 1.807) is 0 Å². The van der Waals surface area contributed by atoms with E-state index in [9.17, 15) is 13.2 Å². The van der Waals surface area contributed by atoms with Crippen LogP contribution in [-0.2, 0) is 12.6 Å². The van der Waals surface area contributed by atoms with Crippen molar-refractivity contribution in [1.82, 2.24) is 5.32 Å². The van der Waals surface area contributed by atoms with Crippen LogP contribution in [-0.4, -0.2) is 26.2 Å². The van der Waals surface area contributed by atoms with Crippen molar-refractivity contribution < 1.29 is 13.2 Å². The first-order valence-corrected chi connectivity index (χ1v) is 10.3. The van der Waals surface area contributed by atoms with Crippen LogP contribution in [0, 0.1) is 0 Å². The molecule has 0 unspecified atom stereocenters. The average Bonchev–Trinajstić information content (AvgIpc) is 2.61. The van der Waals surface area contributed by atoms with E-state index in [-0.39, 0.29) is 7.43 Å². The lowest BCUT2D eigenvalue weighted by Gasteiger charge is -2.24. The first-order valence-electron chi connectivity index (χ1n) is 8.73. The third kappa shape index (κ3) is 5.65. The SMILES string of the molecule is C.NCCNCCCNc1cc(C(F)(F)F)cc2c1Cc1ccc(Br)cc1S2. The Morgan fingerprint density at radius 2 is 1.86 bits per heavy atom. The Bertz CT molecular complexity index is 812. The van der Waals surface area contributed by atoms with Gasteiger partial charge in [-0.25, -0.2) is 0 Å². The molecule has 0 spiro atoms. The summed E-state index contributed by atoms with van der Waals surface area (Å²) in [5.41, 5.74) is 7.44. The van der Waals surface area contributed by atoms with Crippen LogP contribution in [0.4, 0.5) is 18.9 Å². The Morgan fingerprint density at radius 3 is 2.57 bits per heavy atom. The number of anilines is 1. The van der Waals surface area contributed by atoms with Gasteiger partial charge in [-0.15, -0.1) is 0 Å². The number of hydrogen-bond acceptors (Lipinski definition) is 4. The zero-order valence-corrected chi connectivity index (χ0v) is 17.0. The van der Waals surface area contributed by atoms with Crippen molar-refractivity contribution in [3.05, 3.63) is 51.5 Å². The molecule has 154 valence electrons. The molecule has 0 saturated carbocycles. The van der Waals surface area contributed by atoms with Crippen LogP contribution in [0.25, 0.3) is 0 Å². The molecule has 3 nitrogen and oxygen atoms in total. The minimum atomic E-state index is -4.37. The van der Waals surface area contributed by atoms with Crippen LogP contribution < -0.4 is 16.4 Å². The van der Waals surface area contributed by atoms with Crippen LogP contribution in [0.5, 0.6) is 0 Å². The Balaban J connectivity index is 0.00000280. The maximum atomic E-state index is 13.4. The second-order valence-corrected chi connectivity index (χ2v) is 8.35. The third-order valence-corrected chi connectivity index (χ3v) is 6.00. The van der Waals surface area contributed by atoms with Gasteiger partial charge in [-0.05, 0) is 48.4 Å². The Labute approximate surface area is 176 Å². The van der Waals surface area contributed by atoms with Gasteiger partial charge in [-0.2, -0.15) is 13.2 Å². The molecular weight excluding hydrogens is 451 g/mol. The highest BCUT2D eigenvalue weighted by molar-refractivity contribution is 9.10. The number of nitrogens with one attached hydrogen (secondary N) is 2. The van der Waals surface area contributed by atoms with Crippen molar-refractivity contribution >= 4 is 33.4 Å². The highest BCUT2D eigenvalue weighted by Crippen LogP contribution is 2.46. The number of alkyl halides is 3. The Kier molecular flexibility index (Phi) is 8.24. The molecule has 0 atom stereocenters. The van der Waals surface area contributed by atoms with E-state index >= 15 is 0 Å². The minimum Gasteiger partial charge on any atom is -0.385 e. The van der Waals surface area contributed by atoms with E-state index < -0.39 is 11.7 Å². The van der Waals surface area contributed by atoms with Crippen molar-refractivity contribution in [2.75, 3.05) is 31.5 Å². The van der Waals surface area contributed by atoms with Crippen molar-refractivity contribution in [3.8, 4) is 0 Å². The summed E-state index contributed by atoms with van der Waals surface area (Å²) in [6, 6.07) is 8.44. The molecule has 28 heavy (non-hydrogen) atoms. The highest BCUT2D eigenvalue weighted by Gasteiger charge is 2.33. The molecular formula is C20H25BrF3N3S. The van der Waals surface area contributed by atoms with Gasteiger partial charge in [0.15, 0.2) is 0 Å². The summed E-state index contributed by atoms with van der Waals surface area (Å²) in [4.78, 5) is 1.66. The molecule has 1 heterocycles. The monoisotopic (exact) mass is 475 g/mol. The predicted octanol–water partition coefficient (Wildman–Crippen LogP) is 5.51. The van der Waals surface area contributed by atoms with Gasteiger partial charge in [0.2, 0.25) is 0 Å². The average molecular weight is 476 g/mol. The van der Waals surface area contributed by atoms with E-state index in [1.165, 1.54) is 23.9 Å². The molecule has 1 aliphatic heterocycles. The summed E-state index contributed by atoms with van der Waals surface area (Å²) < 4.78 is 41.0. The number of rotatable bonds is 7. The number of benzene rings is 2. The van der Waals surface area contributed by atoms with Gasteiger partial charge < -0.3 is 16.4 Å². The minimum absolute atomic E-state index is 0. The quantitative estimate of drug-likeness (QED) is 0.394. The normalized spacial score (nSPS) is 12.8. The molecule has 1 aliphatic rings. The van der Waals surface area contributed by atoms with Crippen LogP contribution in [0.15, 0.2) is 44.6 Å². The van der Waals surface area contributed by atoms with Gasteiger partial charge in [0.05, 0.1) is 5.56 Å². The number of halogens is 4. The smallest absolute Gasteiger partial charge is 0.385 e. The lowest BCUT2D eigenvalue weighted by atomic mass is 10.00. The zero-order chi connectivity index (χ0) is 19.4. The van der Waals surface area contributed by atoms with Crippen LogP contribution in [0.2, 0.25) is 0 Å². The molecule has 0 amide bonds. The topological polar surface area (TPSA) is 50.1 Å². The summed E-state index contributed by atoms with van der Waals surface area (Å²) in [5.74, 6) is 0. The zero-order valence-electron chi connectivity index (χ0n) is 14.6. The molecule has 3 rings (SSSR count). The molecule has 0 fully saturated rings. The van der Waals surface area contributed by atoms with E-state index in [0.717, 1.165) is 40.0 Å². The third-order valence-electron chi connectivity index (χ3n) is 4.32. The fourth-order valence-corrected chi connectivity index (χ4v) is 4.68. The summed E-state index contributed by atoms with van der Waals surface area (Å²) >= 11 is 4.83. The predicted molar refractivity (Wildman–Crippen MR) is 114 cm³/mol. The van der Waals surface area contributed by atoms with Gasteiger partial charge in [0.1, 0.15) is 0 Å². The van der Waals surface area contributed by atoms with E-state index in [0.29, 0.717) is 30.1 Å². The standard InChI is InChI=1S/C19H21BrF3N3S.CH4/c20-14-3-2-12-8-15-16(26-6-1-5-25-7-4-24)9-13(19(21,22)23)10-18(15)27-17(12)11-14;/h2-3,9-11,25-26H,1,4-8,24H2;1H4. The molecule has 2 aromatic carbocycles. The van der Waals surface area contributed by atoms with Crippen molar-refractivity contribution in [1.29, 1.82) is 0 Å². The van der Waals surface area contributed by atoms with Gasteiger partial charge in [0.25, 0.3) is 0 Å². The molecule has 8 heteroatoms. The van der Waals surface area contributed by atoms with Gasteiger partial charge in [0, 0.05) is 46.0 Å². The molecule has 0 bridgehead atoms. The Hall–Kier alpha value is -1.22. The Morgan fingerprint density at radius 1 is 1.07 bits per heavy atom. The van der Waals surface area contributed by atoms with E-state index in [1.807, 2.05) is 18.2 Å². The summed E-state index contributed by atoms with van der Waals surface area (Å²) in [7, 11) is 0.